The second kappa shape index (κ2) is 4.57. The van der Waals surface area contributed by atoms with Crippen LogP contribution in [-0.2, 0) is 13.0 Å². The highest BCUT2D eigenvalue weighted by molar-refractivity contribution is 7.71. The topological polar surface area (TPSA) is 33.6 Å². The van der Waals surface area contributed by atoms with Crippen LogP contribution in [0.4, 0.5) is 4.39 Å². The molecule has 0 aliphatic carbocycles. The molecule has 5 heteroatoms. The summed E-state index contributed by atoms with van der Waals surface area (Å²) in [5.41, 5.74) is 0.892. The van der Waals surface area contributed by atoms with Crippen molar-refractivity contribution in [1.29, 1.82) is 0 Å². The zero-order chi connectivity index (χ0) is 11.5. The number of rotatable bonds is 3. The molecule has 0 saturated heterocycles. The number of nitrogens with one attached hydrogen (secondary N) is 1. The highest BCUT2D eigenvalue weighted by atomic mass is 32.1. The fourth-order valence-corrected chi connectivity index (χ4v) is 1.92. The first-order valence-electron chi connectivity index (χ1n) is 5.09. The van der Waals surface area contributed by atoms with Crippen molar-refractivity contribution in [2.75, 3.05) is 0 Å². The first-order chi connectivity index (χ1) is 7.70. The molecular weight excluding hydrogens is 225 g/mol. The summed E-state index contributed by atoms with van der Waals surface area (Å²) >= 11 is 5.08. The molecule has 0 unspecified atom stereocenters. The molecule has 0 spiro atoms. The highest BCUT2D eigenvalue weighted by Gasteiger charge is 2.05. The third kappa shape index (κ3) is 2.19. The van der Waals surface area contributed by atoms with Gasteiger partial charge in [-0.15, -0.1) is 0 Å². The van der Waals surface area contributed by atoms with E-state index in [9.17, 15) is 4.39 Å². The molecule has 2 rings (SSSR count). The average molecular weight is 237 g/mol. The molecule has 0 aliphatic rings. The minimum atomic E-state index is -0.227. The van der Waals surface area contributed by atoms with Gasteiger partial charge in [-0.2, -0.15) is 5.10 Å². The predicted octanol–water partition coefficient (Wildman–Crippen LogP) is 2.69. The number of nitrogens with zero attached hydrogens (tertiary/aromatic N) is 2. The summed E-state index contributed by atoms with van der Waals surface area (Å²) in [4.78, 5) is 0. The van der Waals surface area contributed by atoms with Crippen molar-refractivity contribution in [2.45, 2.75) is 19.9 Å². The molecule has 1 N–H and O–H groups in total. The third-order valence-electron chi connectivity index (χ3n) is 2.40. The lowest BCUT2D eigenvalue weighted by Gasteiger charge is -2.03. The number of aromatic amines is 1. The van der Waals surface area contributed by atoms with Gasteiger partial charge in [0.05, 0.1) is 0 Å². The lowest BCUT2D eigenvalue weighted by molar-refractivity contribution is 0.625. The minimum Gasteiger partial charge on any atom is -0.304 e. The fraction of sp³-hybridized carbons (Fsp3) is 0.273. The van der Waals surface area contributed by atoms with E-state index in [1.807, 2.05) is 17.6 Å². The molecule has 0 atom stereocenters. The first kappa shape index (κ1) is 11.0. The van der Waals surface area contributed by atoms with E-state index >= 15 is 0 Å². The Balaban J connectivity index is 2.30. The Labute approximate surface area is 97.9 Å². The van der Waals surface area contributed by atoms with Gasteiger partial charge in [-0.1, -0.05) is 12.1 Å². The Hall–Kier alpha value is -1.49. The molecule has 0 bridgehead atoms. The van der Waals surface area contributed by atoms with E-state index in [2.05, 4.69) is 10.2 Å². The predicted molar refractivity (Wildman–Crippen MR) is 62.3 cm³/mol. The van der Waals surface area contributed by atoms with Gasteiger partial charge in [-0.25, -0.2) is 4.39 Å². The van der Waals surface area contributed by atoms with E-state index in [0.717, 1.165) is 17.9 Å². The molecule has 0 aliphatic heterocycles. The van der Waals surface area contributed by atoms with E-state index in [1.165, 1.54) is 12.1 Å². The van der Waals surface area contributed by atoms with E-state index in [1.54, 1.807) is 6.07 Å². The fourth-order valence-electron chi connectivity index (χ4n) is 1.64. The van der Waals surface area contributed by atoms with Crippen LogP contribution in [0.1, 0.15) is 18.3 Å². The Bertz CT molecular complexity index is 544. The Kier molecular flexibility index (Phi) is 3.14. The summed E-state index contributed by atoms with van der Waals surface area (Å²) < 4.78 is 15.5. The van der Waals surface area contributed by atoms with Crippen molar-refractivity contribution >= 4 is 12.2 Å². The lowest BCUT2D eigenvalue weighted by Crippen LogP contribution is -2.02. The summed E-state index contributed by atoms with van der Waals surface area (Å²) in [5, 5.41) is 6.88. The first-order valence-corrected chi connectivity index (χ1v) is 5.50. The van der Waals surface area contributed by atoms with Crippen LogP contribution in [0.2, 0.25) is 0 Å². The van der Waals surface area contributed by atoms with Crippen LogP contribution in [0, 0.1) is 10.6 Å². The maximum atomic E-state index is 13.0. The summed E-state index contributed by atoms with van der Waals surface area (Å²) in [5.74, 6) is 0.604. The summed E-state index contributed by atoms with van der Waals surface area (Å²) in [6, 6.07) is 6.52. The number of hydrogen-bond acceptors (Lipinski definition) is 2. The van der Waals surface area contributed by atoms with E-state index in [0.29, 0.717) is 11.2 Å². The van der Waals surface area contributed by atoms with Crippen molar-refractivity contribution in [3.8, 4) is 0 Å². The molecule has 0 saturated carbocycles. The smallest absolute Gasteiger partial charge is 0.195 e. The normalized spacial score (nSPS) is 10.6. The zero-order valence-electron chi connectivity index (χ0n) is 8.90. The Morgan fingerprint density at radius 1 is 1.50 bits per heavy atom. The Morgan fingerprint density at radius 2 is 2.31 bits per heavy atom. The molecular formula is C11H12FN3S. The highest BCUT2D eigenvalue weighted by Crippen LogP contribution is 2.09. The zero-order valence-corrected chi connectivity index (χ0v) is 9.72. The van der Waals surface area contributed by atoms with Crippen molar-refractivity contribution in [3.63, 3.8) is 0 Å². The monoisotopic (exact) mass is 237 g/mol. The third-order valence-corrected chi connectivity index (χ3v) is 2.72. The average Bonchev–Trinajstić information content (AvgIpc) is 2.59. The number of hydrogen-bond donors (Lipinski definition) is 1. The largest absolute Gasteiger partial charge is 0.304 e. The van der Waals surface area contributed by atoms with Crippen LogP contribution in [0.5, 0.6) is 0 Å². The van der Waals surface area contributed by atoms with Crippen molar-refractivity contribution in [3.05, 3.63) is 46.2 Å². The maximum absolute atomic E-state index is 13.0. The molecule has 1 aromatic heterocycles. The van der Waals surface area contributed by atoms with Gasteiger partial charge in [0.15, 0.2) is 4.77 Å². The van der Waals surface area contributed by atoms with Crippen LogP contribution >= 0.6 is 12.2 Å². The van der Waals surface area contributed by atoms with E-state index in [4.69, 9.17) is 12.2 Å². The summed E-state index contributed by atoms with van der Waals surface area (Å²) in [6.45, 7) is 2.76. The second-order valence-corrected chi connectivity index (χ2v) is 3.88. The molecule has 2 aromatic rings. The van der Waals surface area contributed by atoms with Crippen LogP contribution < -0.4 is 0 Å². The minimum absolute atomic E-state index is 0.227. The number of H-pyrrole nitrogens is 1. The van der Waals surface area contributed by atoms with Crippen LogP contribution in [0.15, 0.2) is 24.3 Å². The molecule has 1 aromatic carbocycles. The van der Waals surface area contributed by atoms with Gasteiger partial charge in [-0.3, -0.25) is 5.10 Å². The standard InChI is InChI=1S/C11H12FN3S/c1-2-15-10(13-14-11(15)16)7-8-4-3-5-9(12)6-8/h3-6H,2,7H2,1H3,(H,14,16). The molecule has 3 nitrogen and oxygen atoms in total. The van der Waals surface area contributed by atoms with E-state index < -0.39 is 0 Å². The molecule has 0 radical (unpaired) electrons. The van der Waals surface area contributed by atoms with Crippen LogP contribution in [-0.4, -0.2) is 14.8 Å². The second-order valence-electron chi connectivity index (χ2n) is 3.50. The molecule has 1 heterocycles. The van der Waals surface area contributed by atoms with Gasteiger partial charge in [0.25, 0.3) is 0 Å². The quantitative estimate of drug-likeness (QED) is 0.833. The van der Waals surface area contributed by atoms with Crippen molar-refractivity contribution in [1.82, 2.24) is 14.8 Å². The molecule has 0 fully saturated rings. The van der Waals surface area contributed by atoms with Gasteiger partial charge in [0, 0.05) is 13.0 Å². The maximum Gasteiger partial charge on any atom is 0.195 e. The molecule has 84 valence electrons. The van der Waals surface area contributed by atoms with Crippen molar-refractivity contribution < 1.29 is 4.39 Å². The van der Waals surface area contributed by atoms with Crippen molar-refractivity contribution in [2.24, 2.45) is 0 Å². The molecule has 16 heavy (non-hydrogen) atoms. The number of aromatic nitrogens is 3. The summed E-state index contributed by atoms with van der Waals surface area (Å²) in [6.07, 6.45) is 0.582. The lowest BCUT2D eigenvalue weighted by atomic mass is 10.1. The summed E-state index contributed by atoms with van der Waals surface area (Å²) in [7, 11) is 0. The van der Waals surface area contributed by atoms with Gasteiger partial charge in [0.1, 0.15) is 11.6 Å². The molecule has 0 amide bonds. The van der Waals surface area contributed by atoms with Crippen LogP contribution in [0.25, 0.3) is 0 Å². The number of benzene rings is 1. The van der Waals surface area contributed by atoms with Crippen LogP contribution in [0.3, 0.4) is 0 Å². The van der Waals surface area contributed by atoms with Gasteiger partial charge in [-0.05, 0) is 36.8 Å². The Morgan fingerprint density at radius 3 is 3.00 bits per heavy atom. The van der Waals surface area contributed by atoms with Gasteiger partial charge in [0.2, 0.25) is 0 Å². The van der Waals surface area contributed by atoms with Gasteiger partial charge >= 0.3 is 0 Å². The number of halogens is 1. The SMILES string of the molecule is CCn1c(Cc2cccc(F)c2)n[nH]c1=S. The van der Waals surface area contributed by atoms with E-state index in [-0.39, 0.29) is 5.82 Å². The van der Waals surface area contributed by atoms with Gasteiger partial charge < -0.3 is 4.57 Å².